The van der Waals surface area contributed by atoms with Gasteiger partial charge in [-0.05, 0) is 36.8 Å². The van der Waals surface area contributed by atoms with Crippen molar-refractivity contribution in [3.05, 3.63) is 71.0 Å². The van der Waals surface area contributed by atoms with Crippen molar-refractivity contribution < 1.29 is 13.9 Å². The maximum absolute atomic E-state index is 12.9. The van der Waals surface area contributed by atoms with Crippen molar-refractivity contribution in [1.82, 2.24) is 10.2 Å². The number of nitrogens with zero attached hydrogens (tertiary/aromatic N) is 2. The van der Waals surface area contributed by atoms with Crippen LogP contribution in [0.1, 0.15) is 17.5 Å². The lowest BCUT2D eigenvalue weighted by molar-refractivity contribution is -0.122. The molecule has 2 aromatic carbocycles. The molecule has 1 aromatic heterocycles. The SMILES string of the molecule is CC(Oc1ccc(F)cc1)C(=O)Nc1nnc(Cc2ccccc2)s1. The number of hydrogen-bond acceptors (Lipinski definition) is 5. The summed E-state index contributed by atoms with van der Waals surface area (Å²) in [5, 5.41) is 12.0. The van der Waals surface area contributed by atoms with Crippen LogP contribution in [0.3, 0.4) is 0 Å². The second-order valence-electron chi connectivity index (χ2n) is 5.37. The quantitative estimate of drug-likeness (QED) is 0.731. The number of halogens is 1. The first-order valence-electron chi connectivity index (χ1n) is 7.69. The lowest BCUT2D eigenvalue weighted by atomic mass is 10.2. The van der Waals surface area contributed by atoms with Gasteiger partial charge in [-0.2, -0.15) is 0 Å². The summed E-state index contributed by atoms with van der Waals surface area (Å²) in [6, 6.07) is 15.4. The van der Waals surface area contributed by atoms with Gasteiger partial charge in [-0.1, -0.05) is 41.7 Å². The van der Waals surface area contributed by atoms with Gasteiger partial charge in [0, 0.05) is 6.42 Å². The molecule has 128 valence electrons. The summed E-state index contributed by atoms with van der Waals surface area (Å²) < 4.78 is 18.4. The number of benzene rings is 2. The Morgan fingerprint density at radius 1 is 1.16 bits per heavy atom. The molecule has 0 saturated carbocycles. The van der Waals surface area contributed by atoms with Gasteiger partial charge in [-0.3, -0.25) is 10.1 Å². The van der Waals surface area contributed by atoms with Gasteiger partial charge in [0.1, 0.15) is 16.6 Å². The van der Waals surface area contributed by atoms with Gasteiger partial charge in [-0.15, -0.1) is 10.2 Å². The van der Waals surface area contributed by atoms with Crippen LogP contribution in [0.4, 0.5) is 9.52 Å². The van der Waals surface area contributed by atoms with Crippen LogP contribution in [0.5, 0.6) is 5.75 Å². The Bertz CT molecular complexity index is 837. The number of hydrogen-bond donors (Lipinski definition) is 1. The van der Waals surface area contributed by atoms with Crippen LogP contribution in [0.2, 0.25) is 0 Å². The summed E-state index contributed by atoms with van der Waals surface area (Å²) >= 11 is 1.32. The fourth-order valence-electron chi connectivity index (χ4n) is 2.12. The Balaban J connectivity index is 1.56. The van der Waals surface area contributed by atoms with Crippen LogP contribution in [-0.2, 0) is 11.2 Å². The molecule has 0 aliphatic heterocycles. The van der Waals surface area contributed by atoms with Crippen molar-refractivity contribution in [2.75, 3.05) is 5.32 Å². The Morgan fingerprint density at radius 2 is 1.88 bits per heavy atom. The van der Waals surface area contributed by atoms with Crippen LogP contribution >= 0.6 is 11.3 Å². The van der Waals surface area contributed by atoms with E-state index in [1.807, 2.05) is 30.3 Å². The van der Waals surface area contributed by atoms with Crippen molar-refractivity contribution in [2.24, 2.45) is 0 Å². The summed E-state index contributed by atoms with van der Waals surface area (Å²) in [5.74, 6) is -0.276. The smallest absolute Gasteiger partial charge is 0.266 e. The van der Waals surface area contributed by atoms with Crippen LogP contribution in [0, 0.1) is 5.82 Å². The highest BCUT2D eigenvalue weighted by Gasteiger charge is 2.17. The fraction of sp³-hybridized carbons (Fsp3) is 0.167. The third kappa shape index (κ3) is 4.84. The summed E-state index contributed by atoms with van der Waals surface area (Å²) in [4.78, 5) is 12.2. The lowest BCUT2D eigenvalue weighted by Crippen LogP contribution is -2.30. The molecule has 3 aromatic rings. The Kier molecular flexibility index (Phi) is 5.35. The Hall–Kier alpha value is -2.80. The van der Waals surface area contributed by atoms with Crippen LogP contribution in [0.25, 0.3) is 0 Å². The van der Waals surface area contributed by atoms with E-state index in [9.17, 15) is 9.18 Å². The summed E-state index contributed by atoms with van der Waals surface area (Å²) in [5.41, 5.74) is 1.13. The lowest BCUT2D eigenvalue weighted by Gasteiger charge is -2.13. The Labute approximate surface area is 148 Å². The second-order valence-corrected chi connectivity index (χ2v) is 6.43. The number of nitrogens with one attached hydrogen (secondary N) is 1. The van der Waals surface area contributed by atoms with Crippen molar-refractivity contribution in [3.63, 3.8) is 0 Å². The van der Waals surface area contributed by atoms with Gasteiger partial charge in [0.15, 0.2) is 6.10 Å². The van der Waals surface area contributed by atoms with Crippen LogP contribution in [0.15, 0.2) is 54.6 Å². The van der Waals surface area contributed by atoms with E-state index in [2.05, 4.69) is 15.5 Å². The highest BCUT2D eigenvalue weighted by Crippen LogP contribution is 2.19. The minimum atomic E-state index is -0.744. The molecule has 1 amide bonds. The molecule has 25 heavy (non-hydrogen) atoms. The number of amides is 1. The van der Waals surface area contributed by atoms with E-state index < -0.39 is 6.10 Å². The van der Waals surface area contributed by atoms with E-state index in [4.69, 9.17) is 4.74 Å². The third-order valence-corrected chi connectivity index (χ3v) is 4.23. The first-order chi connectivity index (χ1) is 12.1. The average Bonchev–Trinajstić information content (AvgIpc) is 3.04. The standard InChI is InChI=1S/C18H16FN3O2S/c1-12(24-15-9-7-14(19)8-10-15)17(23)20-18-22-21-16(25-18)11-13-5-3-2-4-6-13/h2-10,12H,11H2,1H3,(H,20,22,23). The van der Waals surface area contributed by atoms with E-state index in [1.165, 1.54) is 35.6 Å². The highest BCUT2D eigenvalue weighted by molar-refractivity contribution is 7.15. The maximum atomic E-state index is 12.9. The van der Waals surface area contributed by atoms with Gasteiger partial charge < -0.3 is 4.74 Å². The molecular formula is C18H16FN3O2S. The van der Waals surface area contributed by atoms with E-state index in [0.29, 0.717) is 17.3 Å². The monoisotopic (exact) mass is 357 g/mol. The number of carbonyl (C=O) groups excluding carboxylic acids is 1. The topological polar surface area (TPSA) is 64.1 Å². The van der Waals surface area contributed by atoms with Gasteiger partial charge in [0.25, 0.3) is 5.91 Å². The molecule has 0 spiro atoms. The summed E-state index contributed by atoms with van der Waals surface area (Å²) in [7, 11) is 0. The van der Waals surface area contributed by atoms with Crippen molar-refractivity contribution >= 4 is 22.4 Å². The molecule has 0 radical (unpaired) electrons. The van der Waals surface area contributed by atoms with Gasteiger partial charge in [0.2, 0.25) is 5.13 Å². The van der Waals surface area contributed by atoms with Crippen molar-refractivity contribution in [3.8, 4) is 5.75 Å². The zero-order valence-electron chi connectivity index (χ0n) is 13.5. The molecule has 0 bridgehead atoms. The van der Waals surface area contributed by atoms with Crippen molar-refractivity contribution in [1.29, 1.82) is 0 Å². The minimum absolute atomic E-state index is 0.341. The molecule has 1 heterocycles. The van der Waals surface area contributed by atoms with Crippen LogP contribution in [-0.4, -0.2) is 22.2 Å². The number of carbonyl (C=O) groups is 1. The molecule has 5 nitrogen and oxygen atoms in total. The second kappa shape index (κ2) is 7.85. The van der Waals surface area contributed by atoms with E-state index in [0.717, 1.165) is 10.6 Å². The molecule has 0 aliphatic carbocycles. The van der Waals surface area contributed by atoms with E-state index in [1.54, 1.807) is 6.92 Å². The van der Waals surface area contributed by atoms with Gasteiger partial charge >= 0.3 is 0 Å². The number of rotatable bonds is 6. The van der Waals surface area contributed by atoms with Crippen LogP contribution < -0.4 is 10.1 Å². The summed E-state index contributed by atoms with van der Waals surface area (Å²) in [6.07, 6.45) is -0.0809. The maximum Gasteiger partial charge on any atom is 0.266 e. The molecule has 3 rings (SSSR count). The molecule has 7 heteroatoms. The number of ether oxygens (including phenoxy) is 1. The minimum Gasteiger partial charge on any atom is -0.481 e. The first kappa shape index (κ1) is 17.0. The predicted octanol–water partition coefficient (Wildman–Crippen LogP) is 3.67. The molecule has 1 N–H and O–H groups in total. The van der Waals surface area contributed by atoms with Gasteiger partial charge in [0.05, 0.1) is 0 Å². The normalized spacial score (nSPS) is 11.8. The molecule has 0 aliphatic rings. The predicted molar refractivity (Wildman–Crippen MR) is 94.3 cm³/mol. The molecule has 1 atom stereocenters. The third-order valence-electron chi connectivity index (χ3n) is 3.39. The fourth-order valence-corrected chi connectivity index (χ4v) is 2.90. The zero-order valence-corrected chi connectivity index (χ0v) is 14.3. The zero-order chi connectivity index (χ0) is 17.6. The average molecular weight is 357 g/mol. The van der Waals surface area contributed by atoms with Gasteiger partial charge in [-0.25, -0.2) is 4.39 Å². The molecule has 0 saturated heterocycles. The van der Waals surface area contributed by atoms with Crippen molar-refractivity contribution in [2.45, 2.75) is 19.4 Å². The number of aromatic nitrogens is 2. The number of anilines is 1. The highest BCUT2D eigenvalue weighted by atomic mass is 32.1. The van der Waals surface area contributed by atoms with E-state index in [-0.39, 0.29) is 11.7 Å². The Morgan fingerprint density at radius 3 is 2.60 bits per heavy atom. The van der Waals surface area contributed by atoms with E-state index >= 15 is 0 Å². The largest absolute Gasteiger partial charge is 0.481 e. The molecular weight excluding hydrogens is 341 g/mol. The summed E-state index contributed by atoms with van der Waals surface area (Å²) in [6.45, 7) is 1.62. The molecule has 0 fully saturated rings. The first-order valence-corrected chi connectivity index (χ1v) is 8.51. The molecule has 1 unspecified atom stereocenters.